The molecule has 0 radical (unpaired) electrons. The first-order chi connectivity index (χ1) is 9.65. The minimum atomic E-state index is -0.590. The highest BCUT2D eigenvalue weighted by atomic mass is 16.4. The zero-order valence-corrected chi connectivity index (χ0v) is 11.8. The van der Waals surface area contributed by atoms with E-state index in [-0.39, 0.29) is 17.5 Å². The van der Waals surface area contributed by atoms with Gasteiger partial charge in [0.15, 0.2) is 0 Å². The van der Waals surface area contributed by atoms with Crippen molar-refractivity contribution in [1.29, 1.82) is 0 Å². The van der Waals surface area contributed by atoms with E-state index in [4.69, 9.17) is 4.42 Å². The second-order valence-electron chi connectivity index (χ2n) is 4.85. The molecule has 1 amide bonds. The molecule has 0 saturated carbocycles. The monoisotopic (exact) mass is 273 g/mol. The molecule has 0 spiro atoms. The topological polar surface area (TPSA) is 59.3 Å². The van der Waals surface area contributed by atoms with Crippen LogP contribution in [0.3, 0.4) is 0 Å². The van der Waals surface area contributed by atoms with Gasteiger partial charge in [-0.2, -0.15) is 0 Å². The minimum absolute atomic E-state index is 0.0678. The maximum absolute atomic E-state index is 12.2. The van der Waals surface area contributed by atoms with Crippen LogP contribution in [0.1, 0.15) is 43.5 Å². The molecule has 0 aliphatic heterocycles. The first kappa shape index (κ1) is 14.3. The molecule has 0 fully saturated rings. The fourth-order valence-corrected chi connectivity index (χ4v) is 2.21. The predicted molar refractivity (Wildman–Crippen MR) is 78.9 cm³/mol. The van der Waals surface area contributed by atoms with E-state index >= 15 is 0 Å². The van der Waals surface area contributed by atoms with Crippen LogP contribution in [-0.2, 0) is 0 Å². The molecule has 20 heavy (non-hydrogen) atoms. The van der Waals surface area contributed by atoms with Gasteiger partial charge in [0.25, 0.3) is 5.91 Å². The van der Waals surface area contributed by atoms with Crippen molar-refractivity contribution in [2.24, 2.45) is 0 Å². The number of amides is 1. The molecule has 0 bridgehead atoms. The van der Waals surface area contributed by atoms with Gasteiger partial charge >= 0.3 is 5.63 Å². The molecular weight excluding hydrogens is 254 g/mol. The molecule has 4 nitrogen and oxygen atoms in total. The lowest BCUT2D eigenvalue weighted by atomic mass is 10.1. The van der Waals surface area contributed by atoms with E-state index in [0.29, 0.717) is 5.58 Å². The second-order valence-corrected chi connectivity index (χ2v) is 4.85. The zero-order valence-electron chi connectivity index (χ0n) is 11.8. The molecule has 1 heterocycles. The molecule has 1 unspecified atom stereocenters. The van der Waals surface area contributed by atoms with E-state index in [0.717, 1.165) is 24.6 Å². The standard InChI is InChI=1S/C16H19NO3/c1-3-7-12(4-2)17-15(18)13-10-11-8-5-6-9-14(11)20-16(13)19/h5-6,8-10,12H,3-4,7H2,1-2H3,(H,17,18). The summed E-state index contributed by atoms with van der Waals surface area (Å²) in [6.07, 6.45) is 2.74. The summed E-state index contributed by atoms with van der Waals surface area (Å²) in [6, 6.07) is 8.85. The van der Waals surface area contributed by atoms with Crippen LogP contribution in [0.15, 0.2) is 39.5 Å². The Morgan fingerprint density at radius 1 is 1.30 bits per heavy atom. The molecule has 0 aliphatic carbocycles. The summed E-state index contributed by atoms with van der Waals surface area (Å²) in [5.41, 5.74) is -0.0274. The summed E-state index contributed by atoms with van der Waals surface area (Å²) in [5.74, 6) is -0.357. The van der Waals surface area contributed by atoms with Crippen LogP contribution in [0.2, 0.25) is 0 Å². The number of rotatable bonds is 5. The molecule has 1 aromatic heterocycles. The fraction of sp³-hybridized carbons (Fsp3) is 0.375. The third-order valence-electron chi connectivity index (χ3n) is 3.35. The Hall–Kier alpha value is -2.10. The van der Waals surface area contributed by atoms with Crippen LogP contribution in [-0.4, -0.2) is 11.9 Å². The maximum Gasteiger partial charge on any atom is 0.349 e. The Bertz CT molecular complexity index is 660. The summed E-state index contributed by atoms with van der Waals surface area (Å²) in [7, 11) is 0. The highest BCUT2D eigenvalue weighted by Gasteiger charge is 2.16. The van der Waals surface area contributed by atoms with Gasteiger partial charge < -0.3 is 9.73 Å². The summed E-state index contributed by atoms with van der Waals surface area (Å²) in [4.78, 5) is 24.1. The Morgan fingerprint density at radius 2 is 2.05 bits per heavy atom. The van der Waals surface area contributed by atoms with Crippen LogP contribution in [0.4, 0.5) is 0 Å². The third-order valence-corrected chi connectivity index (χ3v) is 3.35. The van der Waals surface area contributed by atoms with Gasteiger partial charge in [-0.25, -0.2) is 4.79 Å². The number of fused-ring (bicyclic) bond motifs is 1. The maximum atomic E-state index is 12.2. The van der Waals surface area contributed by atoms with Gasteiger partial charge in [-0.05, 0) is 25.0 Å². The van der Waals surface area contributed by atoms with Gasteiger partial charge in [0.2, 0.25) is 0 Å². The second kappa shape index (κ2) is 6.37. The van der Waals surface area contributed by atoms with E-state index in [9.17, 15) is 9.59 Å². The molecule has 1 aromatic carbocycles. The Kier molecular flexibility index (Phi) is 4.56. The van der Waals surface area contributed by atoms with E-state index < -0.39 is 5.63 Å². The number of hydrogen-bond acceptors (Lipinski definition) is 3. The highest BCUT2D eigenvalue weighted by Crippen LogP contribution is 2.13. The van der Waals surface area contributed by atoms with Crippen LogP contribution in [0.5, 0.6) is 0 Å². The van der Waals surface area contributed by atoms with Crippen molar-refractivity contribution >= 4 is 16.9 Å². The third kappa shape index (κ3) is 3.07. The first-order valence-electron chi connectivity index (χ1n) is 6.99. The van der Waals surface area contributed by atoms with Crippen LogP contribution in [0, 0.1) is 0 Å². The Balaban J connectivity index is 2.30. The van der Waals surface area contributed by atoms with E-state index in [1.54, 1.807) is 18.2 Å². The first-order valence-corrected chi connectivity index (χ1v) is 6.99. The Morgan fingerprint density at radius 3 is 2.75 bits per heavy atom. The quantitative estimate of drug-likeness (QED) is 0.851. The van der Waals surface area contributed by atoms with Crippen molar-refractivity contribution in [3.05, 3.63) is 46.3 Å². The molecule has 1 N–H and O–H groups in total. The molecule has 2 aromatic rings. The SMILES string of the molecule is CCCC(CC)NC(=O)c1cc2ccccc2oc1=O. The van der Waals surface area contributed by atoms with Gasteiger partial charge in [-0.1, -0.05) is 38.5 Å². The minimum Gasteiger partial charge on any atom is -0.422 e. The molecule has 2 rings (SSSR count). The lowest BCUT2D eigenvalue weighted by Gasteiger charge is -2.15. The lowest BCUT2D eigenvalue weighted by Crippen LogP contribution is -2.36. The number of para-hydroxylation sites is 1. The van der Waals surface area contributed by atoms with E-state index in [1.165, 1.54) is 0 Å². The van der Waals surface area contributed by atoms with Crippen LogP contribution < -0.4 is 10.9 Å². The van der Waals surface area contributed by atoms with E-state index in [2.05, 4.69) is 12.2 Å². The number of hydrogen-bond donors (Lipinski definition) is 1. The van der Waals surface area contributed by atoms with Gasteiger partial charge in [0, 0.05) is 11.4 Å². The fourth-order valence-electron chi connectivity index (χ4n) is 2.21. The molecular formula is C16H19NO3. The molecule has 0 aliphatic rings. The average Bonchev–Trinajstić information content (AvgIpc) is 2.45. The van der Waals surface area contributed by atoms with E-state index in [1.807, 2.05) is 19.1 Å². The van der Waals surface area contributed by atoms with Crippen molar-refractivity contribution in [2.75, 3.05) is 0 Å². The summed E-state index contributed by atoms with van der Waals surface area (Å²) < 4.78 is 5.17. The van der Waals surface area contributed by atoms with Gasteiger partial charge in [0.1, 0.15) is 11.1 Å². The number of carbonyl (C=O) groups is 1. The van der Waals surface area contributed by atoms with Gasteiger partial charge in [0.05, 0.1) is 0 Å². The summed E-state index contributed by atoms with van der Waals surface area (Å²) >= 11 is 0. The van der Waals surface area contributed by atoms with Crippen molar-refractivity contribution < 1.29 is 9.21 Å². The smallest absolute Gasteiger partial charge is 0.349 e. The summed E-state index contributed by atoms with van der Waals surface area (Å²) in [5, 5.41) is 3.64. The summed E-state index contributed by atoms with van der Waals surface area (Å²) in [6.45, 7) is 4.09. The van der Waals surface area contributed by atoms with Gasteiger partial charge in [-0.15, -0.1) is 0 Å². The number of carbonyl (C=O) groups excluding carboxylic acids is 1. The van der Waals surface area contributed by atoms with Crippen molar-refractivity contribution in [3.8, 4) is 0 Å². The normalized spacial score (nSPS) is 12.3. The van der Waals surface area contributed by atoms with Crippen LogP contribution in [0.25, 0.3) is 11.0 Å². The molecule has 0 saturated heterocycles. The largest absolute Gasteiger partial charge is 0.422 e. The number of nitrogens with one attached hydrogen (secondary N) is 1. The lowest BCUT2D eigenvalue weighted by molar-refractivity contribution is 0.0930. The number of benzene rings is 1. The molecule has 4 heteroatoms. The molecule has 1 atom stereocenters. The van der Waals surface area contributed by atoms with Crippen molar-refractivity contribution in [1.82, 2.24) is 5.32 Å². The predicted octanol–water partition coefficient (Wildman–Crippen LogP) is 3.10. The molecule has 106 valence electrons. The zero-order chi connectivity index (χ0) is 14.5. The Labute approximate surface area is 117 Å². The van der Waals surface area contributed by atoms with Gasteiger partial charge in [-0.3, -0.25) is 4.79 Å². The van der Waals surface area contributed by atoms with Crippen molar-refractivity contribution in [2.45, 2.75) is 39.2 Å². The van der Waals surface area contributed by atoms with Crippen LogP contribution >= 0.6 is 0 Å². The average molecular weight is 273 g/mol. The highest BCUT2D eigenvalue weighted by molar-refractivity contribution is 5.96. The van der Waals surface area contributed by atoms with Crippen molar-refractivity contribution in [3.63, 3.8) is 0 Å².